The van der Waals surface area contributed by atoms with Crippen molar-refractivity contribution >= 4 is 29.5 Å². The Morgan fingerprint density at radius 2 is 1.86 bits per heavy atom. The van der Waals surface area contributed by atoms with Gasteiger partial charge in [-0.15, -0.1) is 11.3 Å². The van der Waals surface area contributed by atoms with Crippen LogP contribution in [0.1, 0.15) is 46.4 Å². The van der Waals surface area contributed by atoms with Crippen molar-refractivity contribution in [3.63, 3.8) is 0 Å². The smallest absolute Gasteiger partial charge is 0.203 e. The molecular weight excluding hydrogens is 334 g/mol. The molecule has 2 unspecified atom stereocenters. The molecule has 0 saturated heterocycles. The largest absolute Gasteiger partial charge is 0.384 e. The molecule has 0 aromatic carbocycles. The molecule has 0 fully saturated rings. The van der Waals surface area contributed by atoms with E-state index in [1.807, 2.05) is 13.8 Å². The molecule has 5 nitrogen and oxygen atoms in total. The van der Waals surface area contributed by atoms with Gasteiger partial charge in [0.15, 0.2) is 18.2 Å². The second kappa shape index (κ2) is 5.97. The summed E-state index contributed by atoms with van der Waals surface area (Å²) >= 11 is 1.19. The summed E-state index contributed by atoms with van der Waals surface area (Å²) in [5, 5.41) is 16.5. The predicted octanol–water partition coefficient (Wildman–Crippen LogP) is 3.71. The molecule has 0 amide bonds. The maximum atomic E-state index is 12.9. The van der Waals surface area contributed by atoms with Crippen LogP contribution in [0.3, 0.4) is 0 Å². The Hall–Kier alpha value is -0.283. The van der Waals surface area contributed by atoms with Gasteiger partial charge < -0.3 is 5.11 Å². The third-order valence-electron chi connectivity index (χ3n) is 4.56. The van der Waals surface area contributed by atoms with Gasteiger partial charge in [0.2, 0.25) is 4.34 Å². The number of nitrogens with zero attached hydrogens (tertiary/aromatic N) is 2. The summed E-state index contributed by atoms with van der Waals surface area (Å²) in [6.07, 6.45) is 1.56. The van der Waals surface area contributed by atoms with E-state index >= 15 is 0 Å². The summed E-state index contributed by atoms with van der Waals surface area (Å²) in [5.74, 6) is 0.0203. The SMILES string of the molecule is CC(C)C(C)(O)c1cnc(S(N)(=O)=N[Si](C)(C)C(C)(C)C)s1. The Morgan fingerprint density at radius 3 is 2.27 bits per heavy atom. The van der Waals surface area contributed by atoms with Crippen LogP contribution in [-0.2, 0) is 15.5 Å². The Morgan fingerprint density at radius 1 is 1.36 bits per heavy atom. The van der Waals surface area contributed by atoms with Crippen molar-refractivity contribution in [1.82, 2.24) is 4.98 Å². The molecule has 0 bridgehead atoms. The van der Waals surface area contributed by atoms with Crippen LogP contribution in [0.15, 0.2) is 14.6 Å². The number of rotatable bonds is 4. The molecule has 1 aromatic rings. The van der Waals surface area contributed by atoms with Crippen molar-refractivity contribution in [3.8, 4) is 0 Å². The molecular formula is C14H29N3O2S2Si. The molecule has 0 aliphatic rings. The molecule has 8 heteroatoms. The van der Waals surface area contributed by atoms with E-state index in [-0.39, 0.29) is 11.0 Å². The topological polar surface area (TPSA) is 88.6 Å². The zero-order valence-electron chi connectivity index (χ0n) is 14.8. The van der Waals surface area contributed by atoms with Gasteiger partial charge in [-0.2, -0.15) is 0 Å². The van der Waals surface area contributed by atoms with Crippen LogP contribution < -0.4 is 5.14 Å². The van der Waals surface area contributed by atoms with Gasteiger partial charge in [-0.1, -0.05) is 34.6 Å². The second-order valence-electron chi connectivity index (χ2n) is 7.76. The Kier molecular flexibility index (Phi) is 5.37. The fraction of sp³-hybridized carbons (Fsp3) is 0.786. The molecule has 1 rings (SSSR count). The van der Waals surface area contributed by atoms with Gasteiger partial charge >= 0.3 is 0 Å². The minimum absolute atomic E-state index is 0.0203. The van der Waals surface area contributed by atoms with Crippen LogP contribution in [0.2, 0.25) is 18.1 Å². The average Bonchev–Trinajstić information content (AvgIpc) is 2.75. The van der Waals surface area contributed by atoms with Gasteiger partial charge in [0.05, 0.1) is 10.5 Å². The molecule has 3 N–H and O–H groups in total. The second-order valence-corrected chi connectivity index (χ2v) is 15.9. The fourth-order valence-corrected chi connectivity index (χ4v) is 7.67. The van der Waals surface area contributed by atoms with Crippen molar-refractivity contribution < 1.29 is 9.32 Å². The lowest BCUT2D eigenvalue weighted by Gasteiger charge is -2.32. The quantitative estimate of drug-likeness (QED) is 0.799. The van der Waals surface area contributed by atoms with Crippen molar-refractivity contribution in [2.45, 2.75) is 69.6 Å². The highest BCUT2D eigenvalue weighted by molar-refractivity contribution is 7.94. The molecule has 0 spiro atoms. The van der Waals surface area contributed by atoms with Gasteiger partial charge in [0.25, 0.3) is 0 Å². The van der Waals surface area contributed by atoms with Gasteiger partial charge in [-0.25, -0.2) is 14.3 Å². The normalized spacial score (nSPS) is 18.9. The molecule has 2 atom stereocenters. The van der Waals surface area contributed by atoms with Gasteiger partial charge in [-0.05, 0) is 31.0 Å². The van der Waals surface area contributed by atoms with E-state index in [4.69, 9.17) is 5.14 Å². The number of hydrogen-bond donors (Lipinski definition) is 2. The summed E-state index contributed by atoms with van der Waals surface area (Å²) in [6.45, 7) is 16.0. The standard InChI is InChI=1S/C14H29N3O2S2Si/c1-10(2)14(6,18)11-9-16-12(20-11)21(15,19)17-22(7,8)13(3,4)5/h9-10,18H,1-8H3,(H2,15,17,19). The van der Waals surface area contributed by atoms with E-state index in [9.17, 15) is 9.32 Å². The van der Waals surface area contributed by atoms with E-state index in [1.165, 1.54) is 11.3 Å². The number of aliphatic hydroxyl groups is 1. The first kappa shape index (κ1) is 19.8. The highest BCUT2D eigenvalue weighted by Gasteiger charge is 2.38. The first-order chi connectivity index (χ1) is 9.61. The summed E-state index contributed by atoms with van der Waals surface area (Å²) in [7, 11) is -5.19. The van der Waals surface area contributed by atoms with Crippen molar-refractivity contribution in [2.24, 2.45) is 15.1 Å². The first-order valence-corrected chi connectivity index (χ1v) is 12.7. The van der Waals surface area contributed by atoms with Crippen LogP contribution >= 0.6 is 11.3 Å². The molecule has 0 aliphatic heterocycles. The van der Waals surface area contributed by atoms with Crippen LogP contribution in [0.25, 0.3) is 0 Å². The molecule has 1 heterocycles. The maximum Gasteiger partial charge on any atom is 0.203 e. The van der Waals surface area contributed by atoms with E-state index in [0.717, 1.165) is 0 Å². The van der Waals surface area contributed by atoms with E-state index in [2.05, 4.69) is 42.9 Å². The molecule has 22 heavy (non-hydrogen) atoms. The molecule has 1 aromatic heterocycles. The van der Waals surface area contributed by atoms with Crippen LogP contribution in [-0.4, -0.2) is 22.5 Å². The highest BCUT2D eigenvalue weighted by atomic mass is 32.2. The lowest BCUT2D eigenvalue weighted by molar-refractivity contribution is 0.0124. The highest BCUT2D eigenvalue weighted by Crippen LogP contribution is 2.39. The lowest BCUT2D eigenvalue weighted by atomic mass is 9.92. The van der Waals surface area contributed by atoms with Gasteiger partial charge in [0.1, 0.15) is 0 Å². The number of aromatic nitrogens is 1. The van der Waals surface area contributed by atoms with Gasteiger partial charge in [-0.3, -0.25) is 4.03 Å². The van der Waals surface area contributed by atoms with Crippen LogP contribution in [0.4, 0.5) is 0 Å². The zero-order chi connectivity index (χ0) is 17.6. The molecule has 0 aliphatic carbocycles. The Balaban J connectivity index is 3.33. The van der Waals surface area contributed by atoms with Crippen molar-refractivity contribution in [1.29, 1.82) is 0 Å². The molecule has 128 valence electrons. The van der Waals surface area contributed by atoms with E-state index in [1.54, 1.807) is 13.1 Å². The van der Waals surface area contributed by atoms with Crippen LogP contribution in [0.5, 0.6) is 0 Å². The zero-order valence-corrected chi connectivity index (χ0v) is 17.4. The Bertz CT molecular complexity index is 651. The van der Waals surface area contributed by atoms with Crippen LogP contribution in [0, 0.1) is 5.92 Å². The number of thiazole rings is 1. The summed E-state index contributed by atoms with van der Waals surface area (Å²) < 4.78 is 17.7. The molecule has 0 radical (unpaired) electrons. The minimum atomic E-state index is -3.03. The maximum absolute atomic E-state index is 12.9. The fourth-order valence-electron chi connectivity index (χ4n) is 1.43. The van der Waals surface area contributed by atoms with Crippen molar-refractivity contribution in [2.75, 3.05) is 0 Å². The third-order valence-corrected chi connectivity index (χ3v) is 13.7. The first-order valence-electron chi connectivity index (χ1n) is 7.36. The number of nitrogens with two attached hydrogens (primary N) is 1. The van der Waals surface area contributed by atoms with E-state index in [0.29, 0.717) is 9.22 Å². The molecule has 0 saturated carbocycles. The predicted molar refractivity (Wildman–Crippen MR) is 96.7 cm³/mol. The van der Waals surface area contributed by atoms with Crippen molar-refractivity contribution in [3.05, 3.63) is 11.1 Å². The lowest BCUT2D eigenvalue weighted by Crippen LogP contribution is -2.37. The van der Waals surface area contributed by atoms with Gasteiger partial charge in [0, 0.05) is 6.20 Å². The Labute approximate surface area is 139 Å². The number of hydrogen-bond acceptors (Lipinski definition) is 5. The minimum Gasteiger partial charge on any atom is -0.384 e. The van der Waals surface area contributed by atoms with E-state index < -0.39 is 23.8 Å². The third kappa shape index (κ3) is 3.97. The summed E-state index contributed by atoms with van der Waals surface area (Å²) in [4.78, 5) is 4.86. The average molecular weight is 364 g/mol. The monoisotopic (exact) mass is 363 g/mol. The summed E-state index contributed by atoms with van der Waals surface area (Å²) in [5.41, 5.74) is -1.01. The summed E-state index contributed by atoms with van der Waals surface area (Å²) in [6, 6.07) is 0.